The van der Waals surface area contributed by atoms with Gasteiger partial charge >= 0.3 is 0 Å². The molecular weight excluding hydrogens is 401 g/mol. The maximum Gasteiger partial charge on any atom is 0.224 e. The van der Waals surface area contributed by atoms with Crippen molar-refractivity contribution in [2.75, 3.05) is 5.32 Å². The van der Waals surface area contributed by atoms with Gasteiger partial charge in [0.1, 0.15) is 0 Å². The zero-order valence-corrected chi connectivity index (χ0v) is 15.7. The average Bonchev–Trinajstić information content (AvgIpc) is 2.50. The van der Waals surface area contributed by atoms with Gasteiger partial charge in [-0.15, -0.1) is 0 Å². The lowest BCUT2D eigenvalue weighted by atomic mass is 10.0. The molecular formula is C19H20INO2. The third-order valence-corrected chi connectivity index (χ3v) is 4.54. The average molecular weight is 421 g/mol. The lowest BCUT2D eigenvalue weighted by Crippen LogP contribution is -2.14. The van der Waals surface area contributed by atoms with E-state index in [-0.39, 0.29) is 24.5 Å². The number of carbonyl (C=O) groups is 2. The van der Waals surface area contributed by atoms with Crippen molar-refractivity contribution in [3.05, 3.63) is 62.2 Å². The summed E-state index contributed by atoms with van der Waals surface area (Å²) in [4.78, 5) is 24.2. The van der Waals surface area contributed by atoms with Crippen molar-refractivity contribution in [2.45, 2.75) is 33.6 Å². The van der Waals surface area contributed by atoms with Crippen molar-refractivity contribution in [1.82, 2.24) is 0 Å². The molecule has 23 heavy (non-hydrogen) atoms. The van der Waals surface area contributed by atoms with Gasteiger partial charge < -0.3 is 5.32 Å². The van der Waals surface area contributed by atoms with Gasteiger partial charge in [-0.25, -0.2) is 0 Å². The first kappa shape index (κ1) is 17.7. The number of benzene rings is 2. The summed E-state index contributed by atoms with van der Waals surface area (Å²) in [7, 11) is 0. The van der Waals surface area contributed by atoms with Crippen LogP contribution in [-0.2, 0) is 4.79 Å². The molecule has 0 heterocycles. The van der Waals surface area contributed by atoms with E-state index in [4.69, 9.17) is 0 Å². The lowest BCUT2D eigenvalue weighted by molar-refractivity contribution is -0.116. The first-order valence-electron chi connectivity index (χ1n) is 7.53. The number of Topliss-reactive ketones (excluding diaryl/α,β-unsaturated/α-hetero) is 1. The summed E-state index contributed by atoms with van der Waals surface area (Å²) in [6.45, 7) is 5.96. The quantitative estimate of drug-likeness (QED) is 0.556. The van der Waals surface area contributed by atoms with Crippen LogP contribution in [0.3, 0.4) is 0 Å². The summed E-state index contributed by atoms with van der Waals surface area (Å²) in [6, 6.07) is 11.5. The van der Waals surface area contributed by atoms with Gasteiger partial charge in [0.15, 0.2) is 5.78 Å². The normalized spacial score (nSPS) is 10.4. The van der Waals surface area contributed by atoms with Crippen LogP contribution in [0.15, 0.2) is 36.4 Å². The minimum absolute atomic E-state index is 0.00239. The van der Waals surface area contributed by atoms with Crippen molar-refractivity contribution in [3.8, 4) is 0 Å². The van der Waals surface area contributed by atoms with E-state index < -0.39 is 0 Å². The van der Waals surface area contributed by atoms with Gasteiger partial charge in [0.05, 0.1) is 0 Å². The monoisotopic (exact) mass is 421 g/mol. The van der Waals surface area contributed by atoms with Gasteiger partial charge in [-0.3, -0.25) is 9.59 Å². The molecule has 3 nitrogen and oxygen atoms in total. The van der Waals surface area contributed by atoms with E-state index in [0.717, 1.165) is 25.9 Å². The standard InChI is InChI=1S/C19H20INO2/c1-12-4-5-15(10-13(12)2)18(22)8-9-19(23)21-17-7-6-16(20)11-14(17)3/h4-7,10-11H,8-9H2,1-3H3,(H,21,23). The molecule has 0 radical (unpaired) electrons. The van der Waals surface area contributed by atoms with Gasteiger partial charge in [-0.05, 0) is 84.3 Å². The molecule has 0 atom stereocenters. The summed E-state index contributed by atoms with van der Waals surface area (Å²) in [6.07, 6.45) is 0.412. The zero-order valence-electron chi connectivity index (χ0n) is 13.6. The second-order valence-corrected chi connectivity index (χ2v) is 6.98. The van der Waals surface area contributed by atoms with Gasteiger partial charge in [0.2, 0.25) is 5.91 Å². The predicted octanol–water partition coefficient (Wildman–Crippen LogP) is 4.82. The Morgan fingerprint density at radius 3 is 2.30 bits per heavy atom. The maximum absolute atomic E-state index is 12.2. The van der Waals surface area contributed by atoms with E-state index in [1.807, 2.05) is 57.2 Å². The van der Waals surface area contributed by atoms with Crippen molar-refractivity contribution < 1.29 is 9.59 Å². The Hall–Kier alpha value is -1.69. The number of carbonyl (C=O) groups excluding carboxylic acids is 2. The van der Waals surface area contributed by atoms with E-state index in [1.54, 1.807) is 0 Å². The molecule has 120 valence electrons. The van der Waals surface area contributed by atoms with Crippen molar-refractivity contribution in [1.29, 1.82) is 0 Å². The fourth-order valence-electron chi connectivity index (χ4n) is 2.27. The molecule has 0 saturated heterocycles. The Labute approximate surface area is 150 Å². The molecule has 2 rings (SSSR count). The fourth-order valence-corrected chi connectivity index (χ4v) is 2.91. The second-order valence-electron chi connectivity index (χ2n) is 5.73. The molecule has 2 aromatic carbocycles. The molecule has 0 saturated carbocycles. The molecule has 0 aromatic heterocycles. The van der Waals surface area contributed by atoms with Crippen LogP contribution in [0.5, 0.6) is 0 Å². The van der Waals surface area contributed by atoms with E-state index in [9.17, 15) is 9.59 Å². The number of amides is 1. The van der Waals surface area contributed by atoms with Crippen LogP contribution >= 0.6 is 22.6 Å². The molecule has 4 heteroatoms. The maximum atomic E-state index is 12.2. The van der Waals surface area contributed by atoms with Crippen molar-refractivity contribution in [2.24, 2.45) is 0 Å². The lowest BCUT2D eigenvalue weighted by Gasteiger charge is -2.09. The van der Waals surface area contributed by atoms with E-state index in [1.165, 1.54) is 0 Å². The van der Waals surface area contributed by atoms with Crippen LogP contribution in [0.25, 0.3) is 0 Å². The van der Waals surface area contributed by atoms with Crippen LogP contribution in [0.4, 0.5) is 5.69 Å². The first-order chi connectivity index (χ1) is 10.9. The molecule has 0 fully saturated rings. The molecule has 2 aromatic rings. The molecule has 0 spiro atoms. The van der Waals surface area contributed by atoms with Crippen LogP contribution in [0.2, 0.25) is 0 Å². The Balaban J connectivity index is 1.93. The molecule has 1 N–H and O–H groups in total. The zero-order chi connectivity index (χ0) is 17.0. The van der Waals surface area contributed by atoms with Crippen LogP contribution < -0.4 is 5.32 Å². The highest BCUT2D eigenvalue weighted by Gasteiger charge is 2.11. The topological polar surface area (TPSA) is 46.2 Å². The number of halogens is 1. The SMILES string of the molecule is Cc1ccc(C(=O)CCC(=O)Nc2ccc(I)cc2C)cc1C. The summed E-state index contributed by atoms with van der Waals surface area (Å²) < 4.78 is 1.13. The molecule has 1 amide bonds. The van der Waals surface area contributed by atoms with Gasteiger partial charge in [-0.2, -0.15) is 0 Å². The highest BCUT2D eigenvalue weighted by atomic mass is 127. The summed E-state index contributed by atoms with van der Waals surface area (Å²) in [5.74, 6) is -0.130. The van der Waals surface area contributed by atoms with E-state index in [0.29, 0.717) is 5.56 Å². The molecule has 0 aliphatic rings. The van der Waals surface area contributed by atoms with Crippen LogP contribution in [-0.4, -0.2) is 11.7 Å². The molecule has 0 unspecified atom stereocenters. The third kappa shape index (κ3) is 4.89. The minimum Gasteiger partial charge on any atom is -0.326 e. The third-order valence-electron chi connectivity index (χ3n) is 3.87. The number of hydrogen-bond donors (Lipinski definition) is 1. The number of ketones is 1. The Bertz CT molecular complexity index is 753. The number of hydrogen-bond acceptors (Lipinski definition) is 2. The highest BCUT2D eigenvalue weighted by Crippen LogP contribution is 2.18. The smallest absolute Gasteiger partial charge is 0.224 e. The Morgan fingerprint density at radius 1 is 0.913 bits per heavy atom. The van der Waals surface area contributed by atoms with E-state index in [2.05, 4.69) is 27.9 Å². The van der Waals surface area contributed by atoms with Crippen LogP contribution in [0, 0.1) is 24.3 Å². The molecule has 0 bridgehead atoms. The highest BCUT2D eigenvalue weighted by molar-refractivity contribution is 14.1. The minimum atomic E-state index is -0.133. The molecule has 0 aliphatic heterocycles. The Morgan fingerprint density at radius 2 is 1.65 bits per heavy atom. The van der Waals surface area contributed by atoms with Crippen molar-refractivity contribution >= 4 is 40.0 Å². The van der Waals surface area contributed by atoms with Gasteiger partial charge in [-0.1, -0.05) is 12.1 Å². The number of anilines is 1. The fraction of sp³-hybridized carbons (Fsp3) is 0.263. The van der Waals surface area contributed by atoms with Gasteiger partial charge in [0, 0.05) is 27.7 Å². The largest absolute Gasteiger partial charge is 0.326 e. The summed E-state index contributed by atoms with van der Waals surface area (Å²) in [5.41, 5.74) is 4.74. The van der Waals surface area contributed by atoms with E-state index >= 15 is 0 Å². The van der Waals surface area contributed by atoms with Gasteiger partial charge in [0.25, 0.3) is 0 Å². The predicted molar refractivity (Wildman–Crippen MR) is 102 cm³/mol. The summed E-state index contributed by atoms with van der Waals surface area (Å²) in [5, 5.41) is 2.87. The second kappa shape index (κ2) is 7.73. The Kier molecular flexibility index (Phi) is 5.93. The van der Waals surface area contributed by atoms with Crippen LogP contribution in [0.1, 0.15) is 39.9 Å². The van der Waals surface area contributed by atoms with Crippen molar-refractivity contribution in [3.63, 3.8) is 0 Å². The number of rotatable bonds is 5. The first-order valence-corrected chi connectivity index (χ1v) is 8.61. The molecule has 0 aliphatic carbocycles. The number of aryl methyl sites for hydroxylation is 3. The summed E-state index contributed by atoms with van der Waals surface area (Å²) >= 11 is 2.24. The number of nitrogens with one attached hydrogen (secondary N) is 1.